The van der Waals surface area contributed by atoms with Crippen molar-refractivity contribution >= 4 is 27.5 Å². The molecule has 0 spiro atoms. The van der Waals surface area contributed by atoms with Crippen LogP contribution in [0.3, 0.4) is 0 Å². The van der Waals surface area contributed by atoms with Crippen molar-refractivity contribution in [1.82, 2.24) is 19.7 Å². The van der Waals surface area contributed by atoms with Gasteiger partial charge in [0.2, 0.25) is 5.91 Å². The Morgan fingerprint density at radius 3 is 2.72 bits per heavy atom. The van der Waals surface area contributed by atoms with Crippen LogP contribution in [-0.4, -0.2) is 63.8 Å². The maximum absolute atomic E-state index is 12.8. The molecule has 7 nitrogen and oxygen atoms in total. The van der Waals surface area contributed by atoms with Crippen LogP contribution >= 0.6 is 11.8 Å². The predicted molar refractivity (Wildman–Crippen MR) is 116 cm³/mol. The number of amides is 1. The van der Waals surface area contributed by atoms with Crippen molar-refractivity contribution in [2.75, 3.05) is 23.8 Å². The van der Waals surface area contributed by atoms with Gasteiger partial charge in [-0.3, -0.25) is 4.79 Å². The Morgan fingerprint density at radius 2 is 2.10 bits per heavy atom. The van der Waals surface area contributed by atoms with Crippen LogP contribution in [0.4, 0.5) is 0 Å². The monoisotopic (exact) mass is 436 g/mol. The maximum Gasteiger partial charge on any atom is 0.233 e. The molecule has 3 rings (SSSR count). The van der Waals surface area contributed by atoms with Crippen LogP contribution < -0.4 is 0 Å². The first-order valence-electron chi connectivity index (χ1n) is 9.97. The summed E-state index contributed by atoms with van der Waals surface area (Å²) in [5.41, 5.74) is 2.17. The molecular formula is C20H28N4O3S2. The first-order chi connectivity index (χ1) is 13.8. The molecule has 0 N–H and O–H groups in total. The summed E-state index contributed by atoms with van der Waals surface area (Å²) in [5.74, 6) is 1.21. The molecule has 2 heterocycles. The van der Waals surface area contributed by atoms with E-state index in [2.05, 4.69) is 27.8 Å². The van der Waals surface area contributed by atoms with Gasteiger partial charge in [0, 0.05) is 24.7 Å². The van der Waals surface area contributed by atoms with E-state index in [4.69, 9.17) is 0 Å². The summed E-state index contributed by atoms with van der Waals surface area (Å²) in [6.45, 7) is 7.31. The lowest BCUT2D eigenvalue weighted by molar-refractivity contribution is -0.129. The van der Waals surface area contributed by atoms with Crippen molar-refractivity contribution in [3.63, 3.8) is 0 Å². The number of carbonyl (C=O) groups is 1. The molecule has 0 saturated carbocycles. The second-order valence-corrected chi connectivity index (χ2v) is 10.5. The lowest BCUT2D eigenvalue weighted by Gasteiger charge is -2.26. The number of rotatable bonds is 8. The van der Waals surface area contributed by atoms with E-state index in [0.29, 0.717) is 18.1 Å². The van der Waals surface area contributed by atoms with E-state index in [9.17, 15) is 13.2 Å². The van der Waals surface area contributed by atoms with Crippen molar-refractivity contribution in [1.29, 1.82) is 0 Å². The van der Waals surface area contributed by atoms with E-state index >= 15 is 0 Å². The third-order valence-electron chi connectivity index (χ3n) is 5.08. The standard InChI is InChI=1S/C20H28N4O3S2/c1-4-10-24-19(16-8-6-7-15(3)12-16)21-22-20(24)28-13-18(25)23(5-2)17-9-11-29(26,27)14-17/h6-8,12,17H,4-5,9-11,13-14H2,1-3H3/t17-/m0/s1. The number of aromatic nitrogens is 3. The second-order valence-electron chi connectivity index (χ2n) is 7.35. The molecular weight excluding hydrogens is 408 g/mol. The quantitative estimate of drug-likeness (QED) is 0.592. The molecule has 1 saturated heterocycles. The van der Waals surface area contributed by atoms with Gasteiger partial charge in [0.1, 0.15) is 0 Å². The number of benzene rings is 1. The average Bonchev–Trinajstić information content (AvgIpc) is 3.24. The molecule has 1 aromatic carbocycles. The van der Waals surface area contributed by atoms with Gasteiger partial charge >= 0.3 is 0 Å². The molecule has 0 aliphatic carbocycles. The molecule has 158 valence electrons. The highest BCUT2D eigenvalue weighted by Gasteiger charge is 2.34. The molecule has 1 fully saturated rings. The number of nitrogens with zero attached hydrogens (tertiary/aromatic N) is 4. The second kappa shape index (κ2) is 9.30. The smallest absolute Gasteiger partial charge is 0.233 e. The minimum absolute atomic E-state index is 0.0530. The topological polar surface area (TPSA) is 85.2 Å². The Morgan fingerprint density at radius 1 is 1.31 bits per heavy atom. The van der Waals surface area contributed by atoms with Gasteiger partial charge in [-0.25, -0.2) is 8.42 Å². The zero-order valence-corrected chi connectivity index (χ0v) is 18.8. The molecule has 0 bridgehead atoms. The molecule has 1 atom stereocenters. The van der Waals surface area contributed by atoms with Crippen LogP contribution in [0.25, 0.3) is 11.4 Å². The molecule has 1 aromatic heterocycles. The first kappa shape index (κ1) is 21.8. The number of hydrogen-bond acceptors (Lipinski definition) is 6. The lowest BCUT2D eigenvalue weighted by atomic mass is 10.1. The average molecular weight is 437 g/mol. The normalized spacial score (nSPS) is 18.1. The molecule has 1 aliphatic heterocycles. The third-order valence-corrected chi connectivity index (χ3v) is 7.78. The van der Waals surface area contributed by atoms with Gasteiger partial charge in [0.05, 0.1) is 17.3 Å². The van der Waals surface area contributed by atoms with Crippen LogP contribution in [0.1, 0.15) is 32.3 Å². The molecule has 1 aliphatic rings. The summed E-state index contributed by atoms with van der Waals surface area (Å²) in [6, 6.07) is 7.92. The highest BCUT2D eigenvalue weighted by Crippen LogP contribution is 2.26. The molecule has 29 heavy (non-hydrogen) atoms. The number of sulfone groups is 1. The van der Waals surface area contributed by atoms with Gasteiger partial charge < -0.3 is 9.47 Å². The van der Waals surface area contributed by atoms with Crippen LogP contribution in [0, 0.1) is 6.92 Å². The largest absolute Gasteiger partial charge is 0.338 e. The van der Waals surface area contributed by atoms with Crippen LogP contribution in [0.15, 0.2) is 29.4 Å². The molecule has 2 aromatic rings. The highest BCUT2D eigenvalue weighted by atomic mass is 32.2. The van der Waals surface area contributed by atoms with E-state index < -0.39 is 9.84 Å². The number of hydrogen-bond donors (Lipinski definition) is 0. The Kier molecular flexibility index (Phi) is 7.00. The number of thioether (sulfide) groups is 1. The van der Waals surface area contributed by atoms with Gasteiger partial charge in [-0.1, -0.05) is 42.4 Å². The summed E-state index contributed by atoms with van der Waals surface area (Å²) < 4.78 is 25.6. The predicted octanol–water partition coefficient (Wildman–Crippen LogP) is 2.79. The Balaban J connectivity index is 1.73. The van der Waals surface area contributed by atoms with E-state index in [-0.39, 0.29) is 29.2 Å². The molecule has 9 heteroatoms. The first-order valence-corrected chi connectivity index (χ1v) is 12.8. The molecule has 0 unspecified atom stereocenters. The van der Waals surface area contributed by atoms with Crippen LogP contribution in [0.2, 0.25) is 0 Å². The SMILES string of the molecule is CCCn1c(SCC(=O)N(CC)[C@H]2CCS(=O)(=O)C2)nnc1-c1cccc(C)c1. The van der Waals surface area contributed by atoms with Crippen molar-refractivity contribution in [3.05, 3.63) is 29.8 Å². The van der Waals surface area contributed by atoms with Gasteiger partial charge in [0.25, 0.3) is 0 Å². The third kappa shape index (κ3) is 5.19. The lowest BCUT2D eigenvalue weighted by Crippen LogP contribution is -2.42. The number of aryl methyl sites for hydroxylation is 1. The molecule has 0 radical (unpaired) electrons. The summed E-state index contributed by atoms with van der Waals surface area (Å²) >= 11 is 1.37. The molecule has 1 amide bonds. The number of carbonyl (C=O) groups excluding carboxylic acids is 1. The van der Waals surface area contributed by atoms with Crippen molar-refractivity contribution in [3.8, 4) is 11.4 Å². The Labute approximate surface area is 176 Å². The van der Waals surface area contributed by atoms with E-state index in [1.165, 1.54) is 11.8 Å². The van der Waals surface area contributed by atoms with Gasteiger partial charge in [-0.05, 0) is 32.8 Å². The highest BCUT2D eigenvalue weighted by molar-refractivity contribution is 7.99. The van der Waals surface area contributed by atoms with Crippen LogP contribution in [-0.2, 0) is 21.2 Å². The van der Waals surface area contributed by atoms with Crippen molar-refractivity contribution in [2.45, 2.75) is 51.4 Å². The van der Waals surface area contributed by atoms with E-state index in [1.807, 2.05) is 32.0 Å². The Hall–Kier alpha value is -1.87. The van der Waals surface area contributed by atoms with Crippen molar-refractivity contribution < 1.29 is 13.2 Å². The van der Waals surface area contributed by atoms with E-state index in [0.717, 1.165) is 29.9 Å². The van der Waals surface area contributed by atoms with Crippen molar-refractivity contribution in [2.24, 2.45) is 0 Å². The van der Waals surface area contributed by atoms with Crippen LogP contribution in [0.5, 0.6) is 0 Å². The fourth-order valence-corrected chi connectivity index (χ4v) is 6.27. The zero-order valence-electron chi connectivity index (χ0n) is 17.2. The minimum Gasteiger partial charge on any atom is -0.338 e. The Bertz CT molecular complexity index is 972. The van der Waals surface area contributed by atoms with Gasteiger partial charge in [-0.2, -0.15) is 0 Å². The summed E-state index contributed by atoms with van der Waals surface area (Å²) in [5, 5.41) is 9.42. The summed E-state index contributed by atoms with van der Waals surface area (Å²) in [6.07, 6.45) is 1.45. The minimum atomic E-state index is -3.02. The zero-order chi connectivity index (χ0) is 21.0. The summed E-state index contributed by atoms with van der Waals surface area (Å²) in [7, 11) is -3.02. The van der Waals surface area contributed by atoms with E-state index in [1.54, 1.807) is 4.90 Å². The summed E-state index contributed by atoms with van der Waals surface area (Å²) in [4.78, 5) is 14.5. The fourth-order valence-electron chi connectivity index (χ4n) is 3.69. The maximum atomic E-state index is 12.8. The van der Waals surface area contributed by atoms with Gasteiger partial charge in [0.15, 0.2) is 20.8 Å². The fraction of sp³-hybridized carbons (Fsp3) is 0.550. The van der Waals surface area contributed by atoms with Gasteiger partial charge in [-0.15, -0.1) is 10.2 Å².